The maximum absolute atomic E-state index is 12.2. The van der Waals surface area contributed by atoms with Gasteiger partial charge in [-0.15, -0.1) is 0 Å². The molecule has 0 atom stereocenters. The number of methoxy groups -OCH3 is 1. The number of aliphatic carboxylic acids is 1. The number of carbonyl (C=O) groups is 4. The molecule has 0 bridgehead atoms. The Hall–Kier alpha value is -2.81. The third-order valence-corrected chi connectivity index (χ3v) is 3.85. The van der Waals surface area contributed by atoms with Crippen LogP contribution in [0.5, 0.6) is 5.75 Å². The van der Waals surface area contributed by atoms with Gasteiger partial charge in [-0.2, -0.15) is 0 Å². The summed E-state index contributed by atoms with van der Waals surface area (Å²) in [6.45, 7) is -0.996. The van der Waals surface area contributed by atoms with Crippen molar-refractivity contribution in [2.24, 2.45) is 0 Å². The molecule has 1 N–H and O–H groups in total. The number of rotatable bonds is 6. The van der Waals surface area contributed by atoms with E-state index in [1.54, 1.807) is 24.3 Å². The van der Waals surface area contributed by atoms with E-state index in [-0.39, 0.29) is 10.7 Å². The molecule has 0 radical (unpaired) electrons. The summed E-state index contributed by atoms with van der Waals surface area (Å²) in [6.07, 6.45) is 1.42. The van der Waals surface area contributed by atoms with Gasteiger partial charge in [-0.05, 0) is 23.9 Å². The molecule has 1 aliphatic rings. The number of thioether (sulfide) groups is 1. The molecule has 2 rings (SSSR count). The third kappa shape index (κ3) is 4.13. The van der Waals surface area contributed by atoms with E-state index in [2.05, 4.69) is 4.74 Å². The van der Waals surface area contributed by atoms with Gasteiger partial charge in [0.2, 0.25) is 0 Å². The van der Waals surface area contributed by atoms with E-state index < -0.39 is 36.2 Å². The van der Waals surface area contributed by atoms with Gasteiger partial charge in [-0.1, -0.05) is 18.2 Å². The fourth-order valence-corrected chi connectivity index (χ4v) is 2.67. The van der Waals surface area contributed by atoms with Crippen LogP contribution in [-0.4, -0.2) is 53.4 Å². The number of para-hydroxylation sites is 1. The van der Waals surface area contributed by atoms with Gasteiger partial charge in [0.15, 0.2) is 6.61 Å². The van der Waals surface area contributed by atoms with Crippen LogP contribution >= 0.6 is 11.8 Å². The second-order valence-corrected chi connectivity index (χ2v) is 5.56. The summed E-state index contributed by atoms with van der Waals surface area (Å²) < 4.78 is 9.59. The maximum Gasteiger partial charge on any atom is 0.341 e. The van der Waals surface area contributed by atoms with Crippen molar-refractivity contribution in [2.75, 3.05) is 20.3 Å². The Bertz CT molecular complexity index is 728. The lowest BCUT2D eigenvalue weighted by Gasteiger charge is -2.10. The standard InChI is InChI=1S/C15H13NO7S/c1-22-13(19)7-16-14(20)11(24-15(16)21)6-9-4-2-3-5-10(9)23-8-12(17)18/h2-6H,7-8H2,1H3,(H,17,18)/b11-6+. The van der Waals surface area contributed by atoms with Crippen molar-refractivity contribution in [1.29, 1.82) is 0 Å². The fourth-order valence-electron chi connectivity index (χ4n) is 1.84. The minimum absolute atomic E-state index is 0.107. The van der Waals surface area contributed by atoms with Crippen LogP contribution in [0.1, 0.15) is 5.56 Å². The summed E-state index contributed by atoms with van der Waals surface area (Å²) >= 11 is 0.681. The van der Waals surface area contributed by atoms with Crippen molar-refractivity contribution in [2.45, 2.75) is 0 Å². The predicted molar refractivity (Wildman–Crippen MR) is 84.3 cm³/mol. The third-order valence-electron chi connectivity index (χ3n) is 2.95. The van der Waals surface area contributed by atoms with Gasteiger partial charge in [-0.3, -0.25) is 19.3 Å². The number of nitrogens with zero attached hydrogens (tertiary/aromatic N) is 1. The number of esters is 1. The number of amides is 2. The van der Waals surface area contributed by atoms with Crippen LogP contribution in [0.15, 0.2) is 29.2 Å². The van der Waals surface area contributed by atoms with E-state index in [9.17, 15) is 19.2 Å². The van der Waals surface area contributed by atoms with Gasteiger partial charge < -0.3 is 14.6 Å². The van der Waals surface area contributed by atoms with E-state index in [0.29, 0.717) is 17.3 Å². The predicted octanol–water partition coefficient (Wildman–Crippen LogP) is 1.36. The minimum atomic E-state index is -1.14. The van der Waals surface area contributed by atoms with Gasteiger partial charge in [0, 0.05) is 5.56 Å². The quantitative estimate of drug-likeness (QED) is 0.604. The van der Waals surface area contributed by atoms with Crippen molar-refractivity contribution in [1.82, 2.24) is 4.90 Å². The van der Waals surface area contributed by atoms with E-state index in [4.69, 9.17) is 9.84 Å². The number of ether oxygens (including phenoxy) is 2. The lowest BCUT2D eigenvalue weighted by Crippen LogP contribution is -2.34. The van der Waals surface area contributed by atoms with Crippen LogP contribution in [0.25, 0.3) is 6.08 Å². The van der Waals surface area contributed by atoms with E-state index in [1.165, 1.54) is 6.08 Å². The number of hydrogen-bond donors (Lipinski definition) is 1. The lowest BCUT2D eigenvalue weighted by atomic mass is 10.2. The number of benzene rings is 1. The van der Waals surface area contributed by atoms with Gasteiger partial charge >= 0.3 is 11.9 Å². The Kier molecular flexibility index (Phi) is 5.59. The number of hydrogen-bond acceptors (Lipinski definition) is 7. The van der Waals surface area contributed by atoms with Crippen LogP contribution in [0.2, 0.25) is 0 Å². The first-order valence-corrected chi connectivity index (χ1v) is 7.50. The molecule has 9 heteroatoms. The van der Waals surface area contributed by atoms with Crippen molar-refractivity contribution >= 4 is 40.9 Å². The first kappa shape index (κ1) is 17.5. The summed E-state index contributed by atoms with van der Waals surface area (Å²) in [7, 11) is 1.16. The summed E-state index contributed by atoms with van der Waals surface area (Å²) in [5.74, 6) is -2.20. The molecule has 1 aliphatic heterocycles. The SMILES string of the molecule is COC(=O)CN1C(=O)S/C(=C/c2ccccc2OCC(=O)O)C1=O. The molecule has 0 aromatic heterocycles. The number of carboxylic acids is 1. The molecule has 0 saturated carbocycles. The summed E-state index contributed by atoms with van der Waals surface area (Å²) in [6, 6.07) is 6.49. The lowest BCUT2D eigenvalue weighted by molar-refractivity contribution is -0.143. The summed E-state index contributed by atoms with van der Waals surface area (Å²) in [4.78, 5) is 46.8. The van der Waals surface area contributed by atoms with Gasteiger partial charge in [0.1, 0.15) is 12.3 Å². The average molecular weight is 351 g/mol. The molecule has 0 aliphatic carbocycles. The molecule has 24 heavy (non-hydrogen) atoms. The van der Waals surface area contributed by atoms with Crippen molar-refractivity contribution < 1.29 is 33.8 Å². The van der Waals surface area contributed by atoms with Gasteiger partial charge in [-0.25, -0.2) is 4.79 Å². The van der Waals surface area contributed by atoms with Crippen LogP contribution in [0.4, 0.5) is 4.79 Å². The molecule has 1 heterocycles. The molecule has 8 nitrogen and oxygen atoms in total. The highest BCUT2D eigenvalue weighted by Gasteiger charge is 2.36. The Labute approximate surface area is 141 Å². The average Bonchev–Trinajstić information content (AvgIpc) is 2.81. The Morgan fingerprint density at radius 3 is 2.67 bits per heavy atom. The van der Waals surface area contributed by atoms with Gasteiger partial charge in [0.25, 0.3) is 11.1 Å². The van der Waals surface area contributed by atoms with Crippen LogP contribution < -0.4 is 4.74 Å². The Morgan fingerprint density at radius 1 is 1.29 bits per heavy atom. The first-order valence-electron chi connectivity index (χ1n) is 6.68. The Balaban J connectivity index is 2.23. The van der Waals surface area contributed by atoms with Crippen LogP contribution in [0.3, 0.4) is 0 Å². The molecule has 1 aromatic carbocycles. The fraction of sp³-hybridized carbons (Fsp3) is 0.200. The Morgan fingerprint density at radius 2 is 2.00 bits per heavy atom. The monoisotopic (exact) mass is 351 g/mol. The highest BCUT2D eigenvalue weighted by Crippen LogP contribution is 2.33. The zero-order chi connectivity index (χ0) is 17.7. The number of carboxylic acid groups (broad SMARTS) is 1. The maximum atomic E-state index is 12.2. The zero-order valence-electron chi connectivity index (χ0n) is 12.6. The second kappa shape index (κ2) is 7.64. The molecule has 1 fully saturated rings. The molecular weight excluding hydrogens is 338 g/mol. The molecule has 2 amide bonds. The van der Waals surface area contributed by atoms with Crippen LogP contribution in [0, 0.1) is 0 Å². The molecule has 1 saturated heterocycles. The summed E-state index contributed by atoms with van der Waals surface area (Å²) in [5, 5.41) is 8.09. The topological polar surface area (TPSA) is 110 Å². The van der Waals surface area contributed by atoms with E-state index >= 15 is 0 Å². The van der Waals surface area contributed by atoms with E-state index in [0.717, 1.165) is 12.0 Å². The molecule has 126 valence electrons. The number of carbonyl (C=O) groups excluding carboxylic acids is 3. The second-order valence-electron chi connectivity index (χ2n) is 4.56. The van der Waals surface area contributed by atoms with Crippen molar-refractivity contribution in [3.8, 4) is 5.75 Å². The van der Waals surface area contributed by atoms with Crippen molar-refractivity contribution in [3.05, 3.63) is 34.7 Å². The molecular formula is C15H13NO7S. The van der Waals surface area contributed by atoms with Gasteiger partial charge in [0.05, 0.1) is 12.0 Å². The zero-order valence-corrected chi connectivity index (χ0v) is 13.4. The summed E-state index contributed by atoms with van der Waals surface area (Å²) in [5.41, 5.74) is 0.447. The number of imide groups is 1. The molecule has 0 spiro atoms. The minimum Gasteiger partial charge on any atom is -0.481 e. The largest absolute Gasteiger partial charge is 0.481 e. The molecule has 1 aromatic rings. The van der Waals surface area contributed by atoms with E-state index in [1.807, 2.05) is 0 Å². The first-order chi connectivity index (χ1) is 11.4. The molecule has 0 unspecified atom stereocenters. The highest BCUT2D eigenvalue weighted by molar-refractivity contribution is 8.18. The normalized spacial score (nSPS) is 15.7. The smallest absolute Gasteiger partial charge is 0.341 e. The van der Waals surface area contributed by atoms with Crippen molar-refractivity contribution in [3.63, 3.8) is 0 Å². The highest BCUT2D eigenvalue weighted by atomic mass is 32.2. The van der Waals surface area contributed by atoms with Crippen LogP contribution in [-0.2, 0) is 19.1 Å².